The average Bonchev–Trinajstić information content (AvgIpc) is 2.62. The number of ether oxygens (including phenoxy) is 2. The third-order valence-corrected chi connectivity index (χ3v) is 4.60. The smallest absolute Gasteiger partial charge is 0.123 e. The first-order chi connectivity index (χ1) is 12.7. The number of unbranched alkanes of at least 4 members (excludes halogenated alkanes) is 9. The van der Waals surface area contributed by atoms with Crippen LogP contribution < -0.4 is 0 Å². The van der Waals surface area contributed by atoms with Gasteiger partial charge in [0.15, 0.2) is 0 Å². The Bertz CT molecular complexity index is 417. The average molecular weight is 367 g/mol. The van der Waals surface area contributed by atoms with E-state index >= 15 is 0 Å². The van der Waals surface area contributed by atoms with Gasteiger partial charge in [-0.3, -0.25) is 0 Å². The van der Waals surface area contributed by atoms with Crippen molar-refractivity contribution in [1.29, 1.82) is 0 Å². The quantitative estimate of drug-likeness (QED) is 0.285. The number of rotatable bonds is 17. The second kappa shape index (κ2) is 16.3. The lowest BCUT2D eigenvalue weighted by Gasteiger charge is -2.08. The van der Waals surface area contributed by atoms with Gasteiger partial charge in [-0.2, -0.15) is 0 Å². The van der Waals surface area contributed by atoms with Crippen molar-refractivity contribution in [2.45, 2.75) is 90.6 Å². The molecule has 0 aliphatic heterocycles. The maximum absolute atomic E-state index is 12.8. The summed E-state index contributed by atoms with van der Waals surface area (Å²) >= 11 is 0. The van der Waals surface area contributed by atoms with E-state index in [0.29, 0.717) is 12.7 Å². The lowest BCUT2D eigenvalue weighted by atomic mass is 10.0. The summed E-state index contributed by atoms with van der Waals surface area (Å²) in [5.41, 5.74) is 1.25. The highest BCUT2D eigenvalue weighted by atomic mass is 19.1. The zero-order valence-electron chi connectivity index (χ0n) is 17.0. The Labute approximate surface area is 160 Å². The van der Waals surface area contributed by atoms with E-state index in [1.54, 1.807) is 12.1 Å². The van der Waals surface area contributed by atoms with Crippen molar-refractivity contribution in [2.24, 2.45) is 0 Å². The zero-order valence-corrected chi connectivity index (χ0v) is 17.0. The molecule has 0 radical (unpaired) electrons. The maximum Gasteiger partial charge on any atom is 0.123 e. The summed E-state index contributed by atoms with van der Waals surface area (Å²) in [7, 11) is 0. The number of aryl methyl sites for hydroxylation is 1. The molecule has 0 unspecified atom stereocenters. The number of halogens is 1. The lowest BCUT2D eigenvalue weighted by molar-refractivity contribution is 0.0186. The van der Waals surface area contributed by atoms with Gasteiger partial charge in [-0.25, -0.2) is 4.39 Å². The van der Waals surface area contributed by atoms with Gasteiger partial charge < -0.3 is 9.47 Å². The topological polar surface area (TPSA) is 18.5 Å². The zero-order chi connectivity index (χ0) is 18.9. The molecule has 0 N–H and O–H groups in total. The van der Waals surface area contributed by atoms with Crippen LogP contribution in [0.1, 0.15) is 83.6 Å². The predicted molar refractivity (Wildman–Crippen MR) is 108 cm³/mol. The second-order valence-electron chi connectivity index (χ2n) is 7.44. The highest BCUT2D eigenvalue weighted by Gasteiger charge is 1.97. The van der Waals surface area contributed by atoms with Crippen LogP contribution in [0.3, 0.4) is 0 Å². The molecule has 0 saturated heterocycles. The first kappa shape index (κ1) is 23.1. The predicted octanol–water partition coefficient (Wildman–Crippen LogP) is 6.71. The molecule has 0 fully saturated rings. The summed E-state index contributed by atoms with van der Waals surface area (Å²) in [5, 5.41) is 0. The fourth-order valence-electron chi connectivity index (χ4n) is 3.04. The molecule has 0 heterocycles. The SMILES string of the molecule is CC(C)OCCOCCCCCCCCCCCCc1ccc(F)cc1. The molecular weight excluding hydrogens is 327 g/mol. The Balaban J connectivity index is 1.74. The fraction of sp³-hybridized carbons (Fsp3) is 0.739. The van der Waals surface area contributed by atoms with Crippen LogP contribution in [0, 0.1) is 5.82 Å². The van der Waals surface area contributed by atoms with Crippen LogP contribution in [-0.2, 0) is 15.9 Å². The highest BCUT2D eigenvalue weighted by Crippen LogP contribution is 2.13. The van der Waals surface area contributed by atoms with Crippen LogP contribution in [-0.4, -0.2) is 25.9 Å². The molecular formula is C23H39FO2. The normalized spacial score (nSPS) is 11.4. The summed E-state index contributed by atoms with van der Waals surface area (Å²) < 4.78 is 23.8. The molecule has 0 aliphatic rings. The summed E-state index contributed by atoms with van der Waals surface area (Å²) in [6.07, 6.45) is 14.4. The van der Waals surface area contributed by atoms with E-state index in [0.717, 1.165) is 19.6 Å². The minimum Gasteiger partial charge on any atom is -0.379 e. The van der Waals surface area contributed by atoms with E-state index in [4.69, 9.17) is 9.47 Å². The molecule has 0 bridgehead atoms. The number of hydrogen-bond donors (Lipinski definition) is 0. The Morgan fingerprint density at radius 1 is 0.692 bits per heavy atom. The molecule has 0 atom stereocenters. The Morgan fingerprint density at radius 2 is 1.23 bits per heavy atom. The molecule has 1 rings (SSSR count). The number of hydrogen-bond acceptors (Lipinski definition) is 2. The Kier molecular flexibility index (Phi) is 14.5. The Morgan fingerprint density at radius 3 is 1.81 bits per heavy atom. The first-order valence-electron chi connectivity index (χ1n) is 10.6. The van der Waals surface area contributed by atoms with Crippen LogP contribution in [0.5, 0.6) is 0 Å². The van der Waals surface area contributed by atoms with Crippen LogP contribution >= 0.6 is 0 Å². The molecule has 0 saturated carbocycles. The van der Waals surface area contributed by atoms with Gasteiger partial charge in [-0.1, -0.05) is 63.5 Å². The van der Waals surface area contributed by atoms with Gasteiger partial charge in [0, 0.05) is 6.61 Å². The molecule has 0 spiro atoms. The van der Waals surface area contributed by atoms with E-state index in [1.165, 1.54) is 69.8 Å². The van der Waals surface area contributed by atoms with E-state index in [9.17, 15) is 4.39 Å². The molecule has 0 aliphatic carbocycles. The van der Waals surface area contributed by atoms with Crippen molar-refractivity contribution in [3.63, 3.8) is 0 Å². The molecule has 1 aromatic carbocycles. The number of benzene rings is 1. The highest BCUT2D eigenvalue weighted by molar-refractivity contribution is 5.15. The van der Waals surface area contributed by atoms with Crippen molar-refractivity contribution in [2.75, 3.05) is 19.8 Å². The van der Waals surface area contributed by atoms with Gasteiger partial charge in [0.1, 0.15) is 5.82 Å². The van der Waals surface area contributed by atoms with Crippen molar-refractivity contribution in [3.8, 4) is 0 Å². The molecule has 150 valence electrons. The third-order valence-electron chi connectivity index (χ3n) is 4.60. The molecule has 0 aromatic heterocycles. The van der Waals surface area contributed by atoms with Crippen molar-refractivity contribution in [3.05, 3.63) is 35.6 Å². The van der Waals surface area contributed by atoms with Crippen molar-refractivity contribution < 1.29 is 13.9 Å². The van der Waals surface area contributed by atoms with Crippen LogP contribution in [0.25, 0.3) is 0 Å². The van der Waals surface area contributed by atoms with Gasteiger partial charge in [-0.05, 0) is 50.8 Å². The van der Waals surface area contributed by atoms with E-state index < -0.39 is 0 Å². The Hall–Kier alpha value is -0.930. The van der Waals surface area contributed by atoms with Crippen LogP contribution in [0.2, 0.25) is 0 Å². The summed E-state index contributed by atoms with van der Waals surface area (Å²) in [4.78, 5) is 0. The summed E-state index contributed by atoms with van der Waals surface area (Å²) in [6, 6.07) is 6.92. The fourth-order valence-corrected chi connectivity index (χ4v) is 3.04. The summed E-state index contributed by atoms with van der Waals surface area (Å²) in [5.74, 6) is -0.141. The maximum atomic E-state index is 12.8. The molecule has 3 heteroatoms. The minimum absolute atomic E-state index is 0.141. The molecule has 26 heavy (non-hydrogen) atoms. The second-order valence-corrected chi connectivity index (χ2v) is 7.44. The first-order valence-corrected chi connectivity index (χ1v) is 10.6. The van der Waals surface area contributed by atoms with E-state index in [2.05, 4.69) is 0 Å². The van der Waals surface area contributed by atoms with E-state index in [-0.39, 0.29) is 5.82 Å². The minimum atomic E-state index is -0.141. The van der Waals surface area contributed by atoms with Gasteiger partial charge in [0.05, 0.1) is 19.3 Å². The van der Waals surface area contributed by atoms with Gasteiger partial charge in [-0.15, -0.1) is 0 Å². The van der Waals surface area contributed by atoms with E-state index in [1.807, 2.05) is 26.0 Å². The van der Waals surface area contributed by atoms with Crippen LogP contribution in [0.15, 0.2) is 24.3 Å². The molecule has 1 aromatic rings. The largest absolute Gasteiger partial charge is 0.379 e. The third kappa shape index (κ3) is 14.3. The standard InChI is InChI=1S/C23H39FO2/c1-21(2)26-20-19-25-18-12-10-8-6-4-3-5-7-9-11-13-22-14-16-23(24)17-15-22/h14-17,21H,3-13,18-20H2,1-2H3. The van der Waals surface area contributed by atoms with Crippen molar-refractivity contribution in [1.82, 2.24) is 0 Å². The lowest BCUT2D eigenvalue weighted by Crippen LogP contribution is -2.10. The van der Waals surface area contributed by atoms with Crippen molar-refractivity contribution >= 4 is 0 Å². The monoisotopic (exact) mass is 366 g/mol. The molecule has 2 nitrogen and oxygen atoms in total. The summed E-state index contributed by atoms with van der Waals surface area (Å²) in [6.45, 7) is 6.40. The van der Waals surface area contributed by atoms with Crippen LogP contribution in [0.4, 0.5) is 4.39 Å². The molecule has 0 amide bonds. The van der Waals surface area contributed by atoms with Gasteiger partial charge >= 0.3 is 0 Å². The van der Waals surface area contributed by atoms with Gasteiger partial charge in [0.25, 0.3) is 0 Å². The van der Waals surface area contributed by atoms with Gasteiger partial charge in [0.2, 0.25) is 0 Å².